The molecule has 0 aromatic heterocycles. The number of halogens is 5. The zero-order valence-electron chi connectivity index (χ0n) is 21.6. The number of hydrogen-bond donors (Lipinski definition) is 0. The van der Waals surface area contributed by atoms with E-state index < -0.39 is 17.3 Å². The molecular weight excluding hydrogens is 540 g/mol. The topological polar surface area (TPSA) is 49.9 Å². The van der Waals surface area contributed by atoms with E-state index in [0.29, 0.717) is 72.1 Å². The molecule has 0 unspecified atom stereocenters. The van der Waals surface area contributed by atoms with Gasteiger partial charge in [-0.2, -0.15) is 13.2 Å². The van der Waals surface area contributed by atoms with E-state index in [0.717, 1.165) is 12.1 Å². The first-order valence-corrected chi connectivity index (χ1v) is 13.4. The van der Waals surface area contributed by atoms with Crippen LogP contribution in [0.5, 0.6) is 0 Å². The summed E-state index contributed by atoms with van der Waals surface area (Å²) in [6, 6.07) is 8.24. The van der Waals surface area contributed by atoms with Crippen LogP contribution in [-0.2, 0) is 22.1 Å². The van der Waals surface area contributed by atoms with Crippen molar-refractivity contribution in [3.8, 4) is 11.1 Å². The maximum absolute atomic E-state index is 13.3. The molecule has 4 rings (SSSR count). The average molecular weight is 571 g/mol. The van der Waals surface area contributed by atoms with Crippen LogP contribution in [0.2, 0.25) is 10.0 Å². The fourth-order valence-electron chi connectivity index (χ4n) is 5.06. The van der Waals surface area contributed by atoms with Crippen LogP contribution in [0, 0.1) is 5.92 Å². The first-order valence-electron chi connectivity index (χ1n) is 12.7. The van der Waals surface area contributed by atoms with E-state index in [-0.39, 0.29) is 24.0 Å². The number of amides is 2. The lowest BCUT2D eigenvalue weighted by molar-refractivity contribution is -0.137. The van der Waals surface area contributed by atoms with Crippen LogP contribution in [-0.4, -0.2) is 53.1 Å². The second kappa shape index (κ2) is 11.0. The summed E-state index contributed by atoms with van der Waals surface area (Å²) in [7, 11) is 0. The maximum atomic E-state index is 13.3. The molecule has 0 N–H and O–H groups in total. The first kappa shape index (κ1) is 28.6. The van der Waals surface area contributed by atoms with E-state index >= 15 is 0 Å². The smallest absolute Gasteiger partial charge is 0.416 e. The molecule has 0 aliphatic carbocycles. The molecule has 206 valence electrons. The van der Waals surface area contributed by atoms with Crippen LogP contribution >= 0.6 is 23.2 Å². The Morgan fingerprint density at radius 1 is 0.947 bits per heavy atom. The molecule has 5 nitrogen and oxygen atoms in total. The summed E-state index contributed by atoms with van der Waals surface area (Å²) in [5.41, 5.74) is 0.548. The number of carbonyl (C=O) groups excluding carboxylic acids is 2. The second-order valence-corrected chi connectivity index (χ2v) is 11.7. The zero-order chi connectivity index (χ0) is 27.8. The molecule has 2 aromatic rings. The van der Waals surface area contributed by atoms with Crippen LogP contribution in [0.3, 0.4) is 0 Å². The summed E-state index contributed by atoms with van der Waals surface area (Å²) in [5, 5.41) is 0.758. The highest BCUT2D eigenvalue weighted by atomic mass is 35.5. The van der Waals surface area contributed by atoms with Crippen LogP contribution in [0.4, 0.5) is 18.0 Å². The van der Waals surface area contributed by atoms with Crippen molar-refractivity contribution in [2.45, 2.75) is 64.3 Å². The third-order valence-electron chi connectivity index (χ3n) is 7.04. The summed E-state index contributed by atoms with van der Waals surface area (Å²) in [6.45, 7) is 7.22. The molecule has 2 heterocycles. The van der Waals surface area contributed by atoms with Gasteiger partial charge < -0.3 is 14.5 Å². The normalized spacial score (nSPS) is 19.3. The lowest BCUT2D eigenvalue weighted by atomic mass is 9.95. The van der Waals surface area contributed by atoms with E-state index in [9.17, 15) is 22.8 Å². The van der Waals surface area contributed by atoms with Gasteiger partial charge in [-0.05, 0) is 87.4 Å². The number of nitrogens with zero attached hydrogens (tertiary/aromatic N) is 2. The number of benzene rings is 2. The van der Waals surface area contributed by atoms with E-state index in [2.05, 4.69) is 0 Å². The number of rotatable bonds is 4. The number of likely N-dealkylation sites (tertiary alicyclic amines) is 2. The fourth-order valence-corrected chi connectivity index (χ4v) is 5.71. The largest absolute Gasteiger partial charge is 0.444 e. The number of carbonyl (C=O) groups is 2. The Kier molecular flexibility index (Phi) is 8.24. The monoisotopic (exact) mass is 570 g/mol. The second-order valence-electron chi connectivity index (χ2n) is 10.9. The predicted octanol–water partition coefficient (Wildman–Crippen LogP) is 7.47. The van der Waals surface area contributed by atoms with Crippen LogP contribution < -0.4 is 0 Å². The molecule has 1 atom stereocenters. The first-order chi connectivity index (χ1) is 17.7. The molecular formula is C28H31Cl2F3N2O3. The van der Waals surface area contributed by atoms with Gasteiger partial charge in [0.2, 0.25) is 5.91 Å². The van der Waals surface area contributed by atoms with Crippen molar-refractivity contribution in [3.05, 3.63) is 57.6 Å². The highest BCUT2D eigenvalue weighted by molar-refractivity contribution is 6.36. The lowest BCUT2D eigenvalue weighted by Crippen LogP contribution is -2.48. The van der Waals surface area contributed by atoms with Gasteiger partial charge in [-0.15, -0.1) is 0 Å². The van der Waals surface area contributed by atoms with Gasteiger partial charge in [0.15, 0.2) is 0 Å². The van der Waals surface area contributed by atoms with Crippen LogP contribution in [0.15, 0.2) is 36.4 Å². The molecule has 2 amide bonds. The van der Waals surface area contributed by atoms with Crippen molar-refractivity contribution < 1.29 is 27.5 Å². The Balaban J connectivity index is 1.38. The minimum Gasteiger partial charge on any atom is -0.444 e. The Hall–Kier alpha value is -2.45. The summed E-state index contributed by atoms with van der Waals surface area (Å²) in [5.74, 6) is -0.203. The number of alkyl halides is 3. The predicted molar refractivity (Wildman–Crippen MR) is 141 cm³/mol. The summed E-state index contributed by atoms with van der Waals surface area (Å²) >= 11 is 13.1. The Labute approximate surface area is 230 Å². The Morgan fingerprint density at radius 2 is 1.53 bits per heavy atom. The number of hydrogen-bond acceptors (Lipinski definition) is 3. The van der Waals surface area contributed by atoms with Crippen molar-refractivity contribution in [2.75, 3.05) is 19.6 Å². The molecule has 0 radical (unpaired) electrons. The molecule has 2 aliphatic heterocycles. The van der Waals surface area contributed by atoms with Crippen LogP contribution in [0.25, 0.3) is 11.1 Å². The third-order valence-corrected chi connectivity index (χ3v) is 7.72. The van der Waals surface area contributed by atoms with Gasteiger partial charge in [0.25, 0.3) is 0 Å². The molecule has 2 saturated heterocycles. The number of ether oxygens (including phenoxy) is 1. The lowest BCUT2D eigenvalue weighted by Gasteiger charge is -2.37. The van der Waals surface area contributed by atoms with Crippen molar-refractivity contribution in [2.24, 2.45) is 5.92 Å². The average Bonchev–Trinajstić information content (AvgIpc) is 3.19. The van der Waals surface area contributed by atoms with E-state index in [1.165, 1.54) is 12.1 Å². The molecule has 38 heavy (non-hydrogen) atoms. The summed E-state index contributed by atoms with van der Waals surface area (Å²) in [4.78, 5) is 29.2. The summed E-state index contributed by atoms with van der Waals surface area (Å²) in [6.07, 6.45) is -2.28. The molecule has 2 aliphatic rings. The van der Waals surface area contributed by atoms with Crippen molar-refractivity contribution >= 4 is 35.2 Å². The standard InChI is InChI=1S/C28H31Cl2F3N2O3/c1-27(2,3)38-26(37)34-11-9-21(10-12-34)35-13-8-18(25(35)36)14-22-23(29)15-19(16-24(22)30)17-4-6-20(7-5-17)28(31,32)33/h4-7,15-16,18,21H,8-14H2,1-3H3/t18-/m0/s1. The molecule has 2 fully saturated rings. The maximum Gasteiger partial charge on any atom is 0.416 e. The molecule has 0 bridgehead atoms. The van der Waals surface area contributed by atoms with Crippen LogP contribution in [0.1, 0.15) is 51.2 Å². The molecule has 10 heteroatoms. The number of piperidine rings is 1. The minimum atomic E-state index is -4.41. The SMILES string of the molecule is CC(C)(C)OC(=O)N1CCC(N2CC[C@@H](Cc3c(Cl)cc(-c4ccc(C(F)(F)F)cc4)cc3Cl)C2=O)CC1. The molecule has 0 saturated carbocycles. The van der Waals surface area contributed by atoms with Gasteiger partial charge in [0, 0.05) is 41.6 Å². The van der Waals surface area contributed by atoms with Gasteiger partial charge in [0.1, 0.15) is 5.60 Å². The third kappa shape index (κ3) is 6.57. The minimum absolute atomic E-state index is 0.0552. The van der Waals surface area contributed by atoms with Gasteiger partial charge in [-0.25, -0.2) is 4.79 Å². The Morgan fingerprint density at radius 3 is 2.05 bits per heavy atom. The van der Waals surface area contributed by atoms with Gasteiger partial charge in [0.05, 0.1) is 5.56 Å². The Bertz CT molecular complexity index is 1160. The van der Waals surface area contributed by atoms with Gasteiger partial charge >= 0.3 is 12.3 Å². The highest BCUT2D eigenvalue weighted by Crippen LogP contribution is 2.37. The highest BCUT2D eigenvalue weighted by Gasteiger charge is 2.38. The van der Waals surface area contributed by atoms with Crippen molar-refractivity contribution in [3.63, 3.8) is 0 Å². The quantitative estimate of drug-likeness (QED) is 0.383. The van der Waals surface area contributed by atoms with Crippen molar-refractivity contribution in [1.82, 2.24) is 9.80 Å². The summed E-state index contributed by atoms with van der Waals surface area (Å²) < 4.78 is 44.1. The van der Waals surface area contributed by atoms with E-state index in [1.54, 1.807) is 17.0 Å². The zero-order valence-corrected chi connectivity index (χ0v) is 23.1. The molecule has 0 spiro atoms. The fraction of sp³-hybridized carbons (Fsp3) is 0.500. The van der Waals surface area contributed by atoms with Gasteiger partial charge in [-0.1, -0.05) is 35.3 Å². The van der Waals surface area contributed by atoms with Crippen molar-refractivity contribution in [1.29, 1.82) is 0 Å². The van der Waals surface area contributed by atoms with E-state index in [1.807, 2.05) is 25.7 Å². The van der Waals surface area contributed by atoms with E-state index in [4.69, 9.17) is 27.9 Å². The van der Waals surface area contributed by atoms with Gasteiger partial charge in [-0.3, -0.25) is 4.79 Å². The molecule has 2 aromatic carbocycles.